The third-order valence-corrected chi connectivity index (χ3v) is 4.58. The van der Waals surface area contributed by atoms with E-state index in [2.05, 4.69) is 10.3 Å². The van der Waals surface area contributed by atoms with Gasteiger partial charge in [-0.25, -0.2) is 4.39 Å². The molecule has 1 aromatic heterocycles. The van der Waals surface area contributed by atoms with Crippen molar-refractivity contribution in [2.24, 2.45) is 0 Å². The van der Waals surface area contributed by atoms with Crippen molar-refractivity contribution in [3.05, 3.63) is 52.6 Å². The Bertz CT molecular complexity index is 748. The fourth-order valence-electron chi connectivity index (χ4n) is 3.08. The van der Waals surface area contributed by atoms with Gasteiger partial charge in [-0.05, 0) is 48.1 Å². The highest BCUT2D eigenvalue weighted by Crippen LogP contribution is 2.36. The molecule has 3 nitrogen and oxygen atoms in total. The third-order valence-electron chi connectivity index (χ3n) is 4.27. The number of aromatic nitrogens is 1. The molecule has 1 aliphatic carbocycles. The number of hydrogen-bond donors (Lipinski definition) is 1. The Morgan fingerprint density at radius 1 is 1.43 bits per heavy atom. The summed E-state index contributed by atoms with van der Waals surface area (Å²) in [6.45, 7) is 1.84. The molecule has 5 heteroatoms. The van der Waals surface area contributed by atoms with E-state index in [1.54, 1.807) is 18.3 Å². The zero-order valence-electron chi connectivity index (χ0n) is 12.9. The predicted octanol–water partition coefficient (Wildman–Crippen LogP) is 4.44. The molecule has 0 saturated heterocycles. The molecule has 0 fully saturated rings. The zero-order valence-corrected chi connectivity index (χ0v) is 13.7. The molecule has 1 atom stereocenters. The Labute approximate surface area is 139 Å². The van der Waals surface area contributed by atoms with E-state index in [0.29, 0.717) is 6.42 Å². The smallest absolute Gasteiger partial charge is 0.220 e. The topological polar surface area (TPSA) is 42.0 Å². The largest absolute Gasteiger partial charge is 0.349 e. The molecule has 0 saturated carbocycles. The minimum Gasteiger partial charge on any atom is -0.349 e. The molecule has 1 aromatic carbocycles. The second kappa shape index (κ2) is 6.67. The van der Waals surface area contributed by atoms with Crippen LogP contribution in [0.1, 0.15) is 43.4 Å². The lowest BCUT2D eigenvalue weighted by molar-refractivity contribution is -0.121. The fraction of sp³-hybridized carbons (Fsp3) is 0.333. The summed E-state index contributed by atoms with van der Waals surface area (Å²) in [5, 5.41) is 3.16. The second-order valence-corrected chi connectivity index (χ2v) is 6.16. The van der Waals surface area contributed by atoms with Crippen LogP contribution >= 0.6 is 11.6 Å². The molecule has 2 aromatic rings. The maximum atomic E-state index is 13.8. The van der Waals surface area contributed by atoms with Gasteiger partial charge in [0.1, 0.15) is 5.82 Å². The van der Waals surface area contributed by atoms with Crippen LogP contribution in [0.3, 0.4) is 0 Å². The maximum absolute atomic E-state index is 13.8. The second-order valence-electron chi connectivity index (χ2n) is 5.75. The van der Waals surface area contributed by atoms with Crippen LogP contribution in [0.5, 0.6) is 0 Å². The summed E-state index contributed by atoms with van der Waals surface area (Å²) in [5.41, 5.74) is 3.84. The Hall–Kier alpha value is -1.94. The van der Waals surface area contributed by atoms with Gasteiger partial charge in [0.25, 0.3) is 0 Å². The van der Waals surface area contributed by atoms with Gasteiger partial charge in [-0.2, -0.15) is 0 Å². The first-order valence-electron chi connectivity index (χ1n) is 7.81. The summed E-state index contributed by atoms with van der Waals surface area (Å²) in [6.07, 6.45) is 6.81. The number of amides is 1. The molecule has 0 spiro atoms. The van der Waals surface area contributed by atoms with Gasteiger partial charge in [0.05, 0.1) is 11.1 Å². The van der Waals surface area contributed by atoms with Crippen molar-refractivity contribution in [3.63, 3.8) is 0 Å². The van der Waals surface area contributed by atoms with Crippen molar-refractivity contribution in [1.29, 1.82) is 0 Å². The fourth-order valence-corrected chi connectivity index (χ4v) is 3.20. The number of nitrogens with one attached hydrogen (secondary N) is 1. The first-order valence-corrected chi connectivity index (χ1v) is 8.19. The summed E-state index contributed by atoms with van der Waals surface area (Å²) in [4.78, 5) is 16.0. The van der Waals surface area contributed by atoms with Crippen LogP contribution in [-0.4, -0.2) is 10.9 Å². The van der Waals surface area contributed by atoms with Crippen LogP contribution in [0.15, 0.2) is 30.6 Å². The van der Waals surface area contributed by atoms with Gasteiger partial charge in [-0.1, -0.05) is 24.6 Å². The first kappa shape index (κ1) is 15.9. The number of halogens is 2. The van der Waals surface area contributed by atoms with E-state index in [1.165, 1.54) is 6.07 Å². The van der Waals surface area contributed by atoms with Gasteiger partial charge < -0.3 is 5.32 Å². The number of benzene rings is 1. The van der Waals surface area contributed by atoms with E-state index >= 15 is 0 Å². The summed E-state index contributed by atoms with van der Waals surface area (Å²) in [5.74, 6) is -0.404. The SMILES string of the molecule is CCC(=O)N[C@@H]1CCCc2c(-c3ccc(Cl)c(F)c3)cncc21. The molecule has 1 aliphatic rings. The number of fused-ring (bicyclic) bond motifs is 1. The predicted molar refractivity (Wildman–Crippen MR) is 88.8 cm³/mol. The standard InChI is InChI=1S/C18H18ClFN2O/c1-2-18(23)22-17-5-3-4-12-13(9-21-10-14(12)17)11-6-7-15(19)16(20)8-11/h6-10,17H,2-5H2,1H3,(H,22,23)/t17-/m1/s1. The summed E-state index contributed by atoms with van der Waals surface area (Å²) in [7, 11) is 0. The number of hydrogen-bond acceptors (Lipinski definition) is 2. The van der Waals surface area contributed by atoms with Crippen LogP contribution in [0, 0.1) is 5.82 Å². The van der Waals surface area contributed by atoms with E-state index < -0.39 is 5.82 Å². The van der Waals surface area contributed by atoms with Crippen molar-refractivity contribution in [1.82, 2.24) is 10.3 Å². The van der Waals surface area contributed by atoms with Gasteiger partial charge >= 0.3 is 0 Å². The minimum absolute atomic E-state index is 0.0178. The van der Waals surface area contributed by atoms with Gasteiger partial charge in [-0.15, -0.1) is 0 Å². The monoisotopic (exact) mass is 332 g/mol. The number of carbonyl (C=O) groups is 1. The highest BCUT2D eigenvalue weighted by Gasteiger charge is 2.24. The van der Waals surface area contributed by atoms with Crippen molar-refractivity contribution in [3.8, 4) is 11.1 Å². The first-order chi connectivity index (χ1) is 11.1. The van der Waals surface area contributed by atoms with Crippen molar-refractivity contribution < 1.29 is 9.18 Å². The molecule has 1 amide bonds. The third kappa shape index (κ3) is 3.22. The molecule has 3 rings (SSSR count). The summed E-state index contributed by atoms with van der Waals surface area (Å²) < 4.78 is 13.8. The lowest BCUT2D eigenvalue weighted by Crippen LogP contribution is -2.30. The molecule has 0 aliphatic heterocycles. The van der Waals surface area contributed by atoms with E-state index in [1.807, 2.05) is 13.1 Å². The molecular weight excluding hydrogens is 315 g/mol. The van der Waals surface area contributed by atoms with Crippen LogP contribution in [0.4, 0.5) is 4.39 Å². The van der Waals surface area contributed by atoms with E-state index in [9.17, 15) is 9.18 Å². The van der Waals surface area contributed by atoms with Crippen LogP contribution in [0.25, 0.3) is 11.1 Å². The Morgan fingerprint density at radius 3 is 3.00 bits per heavy atom. The number of carbonyl (C=O) groups excluding carboxylic acids is 1. The Balaban J connectivity index is 2.02. The van der Waals surface area contributed by atoms with Crippen LogP contribution in [-0.2, 0) is 11.2 Å². The van der Waals surface area contributed by atoms with E-state index in [0.717, 1.165) is 41.5 Å². The number of pyridine rings is 1. The normalized spacial score (nSPS) is 16.7. The van der Waals surface area contributed by atoms with Gasteiger partial charge in [0.15, 0.2) is 0 Å². The molecule has 1 N–H and O–H groups in total. The lowest BCUT2D eigenvalue weighted by Gasteiger charge is -2.27. The summed E-state index contributed by atoms with van der Waals surface area (Å²) in [6, 6.07) is 4.78. The van der Waals surface area contributed by atoms with Crippen molar-refractivity contribution in [2.75, 3.05) is 0 Å². The molecule has 0 unspecified atom stereocenters. The van der Waals surface area contributed by atoms with Gasteiger partial charge in [0.2, 0.25) is 5.91 Å². The molecule has 23 heavy (non-hydrogen) atoms. The summed E-state index contributed by atoms with van der Waals surface area (Å²) >= 11 is 5.77. The van der Waals surface area contributed by atoms with E-state index in [-0.39, 0.29) is 17.0 Å². The number of nitrogens with zero attached hydrogens (tertiary/aromatic N) is 1. The van der Waals surface area contributed by atoms with Gasteiger partial charge in [-0.3, -0.25) is 9.78 Å². The highest BCUT2D eigenvalue weighted by molar-refractivity contribution is 6.30. The zero-order chi connectivity index (χ0) is 16.4. The van der Waals surface area contributed by atoms with Crippen molar-refractivity contribution >= 4 is 17.5 Å². The Morgan fingerprint density at radius 2 is 2.26 bits per heavy atom. The van der Waals surface area contributed by atoms with Crippen LogP contribution in [0.2, 0.25) is 5.02 Å². The molecular formula is C18H18ClFN2O. The van der Waals surface area contributed by atoms with Gasteiger partial charge in [0, 0.05) is 24.4 Å². The average Bonchev–Trinajstić information content (AvgIpc) is 2.57. The molecule has 1 heterocycles. The quantitative estimate of drug-likeness (QED) is 0.902. The number of rotatable bonds is 3. The Kier molecular flexibility index (Phi) is 4.62. The van der Waals surface area contributed by atoms with E-state index in [4.69, 9.17) is 11.6 Å². The lowest BCUT2D eigenvalue weighted by atomic mass is 9.84. The van der Waals surface area contributed by atoms with Crippen molar-refractivity contribution in [2.45, 2.75) is 38.6 Å². The molecule has 0 radical (unpaired) electrons. The average molecular weight is 333 g/mol. The molecule has 0 bridgehead atoms. The van der Waals surface area contributed by atoms with Crippen LogP contribution < -0.4 is 5.32 Å². The highest BCUT2D eigenvalue weighted by atomic mass is 35.5. The molecule has 120 valence electrons. The maximum Gasteiger partial charge on any atom is 0.220 e. The minimum atomic E-state index is -0.437.